The molecule has 2 amide bonds. The molecule has 0 aliphatic heterocycles. The Hall–Kier alpha value is -4.53. The van der Waals surface area contributed by atoms with Gasteiger partial charge in [0.1, 0.15) is 23.3 Å². The Bertz CT molecular complexity index is 1490. The van der Waals surface area contributed by atoms with Crippen molar-refractivity contribution in [2.24, 2.45) is 5.92 Å². The maximum atomic E-state index is 13.2. The smallest absolute Gasteiger partial charge is 0.354 e. The van der Waals surface area contributed by atoms with Gasteiger partial charge in [0.2, 0.25) is 5.91 Å². The molecule has 2 N–H and O–H groups in total. The van der Waals surface area contributed by atoms with E-state index in [1.165, 1.54) is 6.33 Å². The van der Waals surface area contributed by atoms with Crippen LogP contribution >= 0.6 is 0 Å². The highest BCUT2D eigenvalue weighted by Gasteiger charge is 2.29. The lowest BCUT2D eigenvalue weighted by Crippen LogP contribution is -2.35. The van der Waals surface area contributed by atoms with Crippen LogP contribution in [-0.2, 0) is 19.1 Å². The Labute approximate surface area is 213 Å². The first-order chi connectivity index (χ1) is 17.4. The molecule has 0 saturated heterocycles. The number of hydrogen-bond donors (Lipinski definition) is 2. The summed E-state index contributed by atoms with van der Waals surface area (Å²) in [5, 5.41) is 5.50. The molecule has 4 rings (SSSR count). The molecule has 0 bridgehead atoms. The van der Waals surface area contributed by atoms with Crippen LogP contribution < -0.4 is 16.2 Å². The number of ether oxygens (including phenoxy) is 1. The van der Waals surface area contributed by atoms with Crippen molar-refractivity contribution in [3.05, 3.63) is 78.0 Å². The van der Waals surface area contributed by atoms with Crippen molar-refractivity contribution < 1.29 is 19.1 Å². The highest BCUT2D eigenvalue weighted by molar-refractivity contribution is 6.15. The molecule has 0 atom stereocenters. The van der Waals surface area contributed by atoms with Crippen LogP contribution in [0.2, 0.25) is 0 Å². The first-order valence-corrected chi connectivity index (χ1v) is 11.8. The SMILES string of the molecule is C=C(NC(=O)C(=C)n1cnc2c(-c3ccc(NC(=O)C4CC4)cc3)cccc2c1=O)C(=O)OC(C)(C)C. The van der Waals surface area contributed by atoms with Gasteiger partial charge in [-0.15, -0.1) is 0 Å². The molecule has 9 nitrogen and oxygen atoms in total. The first-order valence-electron chi connectivity index (χ1n) is 11.8. The lowest BCUT2D eigenvalue weighted by Gasteiger charge is -2.20. The Morgan fingerprint density at radius 2 is 1.73 bits per heavy atom. The van der Waals surface area contributed by atoms with Crippen molar-refractivity contribution >= 4 is 40.1 Å². The minimum Gasteiger partial charge on any atom is -0.455 e. The number of carbonyl (C=O) groups is 3. The Morgan fingerprint density at radius 3 is 2.35 bits per heavy atom. The molecule has 1 aromatic heterocycles. The zero-order chi connectivity index (χ0) is 26.9. The standard InChI is InChI=1S/C28H28N4O5/c1-16(27(36)37-28(3,4)5)30-24(33)17(2)32-15-29-23-21(7-6-8-22(23)26(32)35)18-11-13-20(14-12-18)31-25(34)19-9-10-19/h6-8,11-15,19H,1-2,9-10H2,3-5H3,(H,30,33)(H,31,34). The number of nitrogens with zero attached hydrogens (tertiary/aromatic N) is 2. The molecule has 3 aromatic rings. The van der Waals surface area contributed by atoms with E-state index < -0.39 is 23.0 Å². The van der Waals surface area contributed by atoms with E-state index in [-0.39, 0.29) is 28.6 Å². The summed E-state index contributed by atoms with van der Waals surface area (Å²) in [5.74, 6) is -1.45. The molecule has 1 saturated carbocycles. The maximum Gasteiger partial charge on any atom is 0.354 e. The van der Waals surface area contributed by atoms with Crippen molar-refractivity contribution in [1.29, 1.82) is 0 Å². The fourth-order valence-electron chi connectivity index (χ4n) is 3.61. The van der Waals surface area contributed by atoms with E-state index in [1.54, 1.807) is 45.0 Å². The first kappa shape index (κ1) is 25.6. The molecule has 1 fully saturated rings. The summed E-state index contributed by atoms with van der Waals surface area (Å²) in [4.78, 5) is 54.4. The third-order valence-corrected chi connectivity index (χ3v) is 5.66. The zero-order valence-electron chi connectivity index (χ0n) is 21.0. The van der Waals surface area contributed by atoms with Crippen LogP contribution in [0.25, 0.3) is 27.7 Å². The largest absolute Gasteiger partial charge is 0.455 e. The van der Waals surface area contributed by atoms with Crippen LogP contribution in [0.4, 0.5) is 5.69 Å². The molecule has 0 unspecified atom stereocenters. The molecule has 2 aromatic carbocycles. The van der Waals surface area contributed by atoms with Crippen LogP contribution in [0.15, 0.2) is 72.4 Å². The number of benzene rings is 2. The minimum atomic E-state index is -0.793. The van der Waals surface area contributed by atoms with Crippen molar-refractivity contribution in [3.8, 4) is 11.1 Å². The Morgan fingerprint density at radius 1 is 1.05 bits per heavy atom. The van der Waals surface area contributed by atoms with E-state index in [1.807, 2.05) is 18.2 Å². The molecule has 0 radical (unpaired) electrons. The van der Waals surface area contributed by atoms with Gasteiger partial charge in [-0.1, -0.05) is 37.4 Å². The van der Waals surface area contributed by atoms with E-state index in [4.69, 9.17) is 4.74 Å². The molecule has 9 heteroatoms. The second-order valence-corrected chi connectivity index (χ2v) is 9.84. The van der Waals surface area contributed by atoms with E-state index >= 15 is 0 Å². The summed E-state index contributed by atoms with van der Waals surface area (Å²) in [5.41, 5.74) is 0.913. The molecule has 1 aliphatic rings. The zero-order valence-corrected chi connectivity index (χ0v) is 21.0. The summed E-state index contributed by atoms with van der Waals surface area (Å²) in [6.45, 7) is 12.3. The predicted octanol–water partition coefficient (Wildman–Crippen LogP) is 3.85. The lowest BCUT2D eigenvalue weighted by molar-refractivity contribution is -0.150. The van der Waals surface area contributed by atoms with Crippen LogP contribution in [0.3, 0.4) is 0 Å². The fraction of sp³-hybridized carbons (Fsp3) is 0.250. The predicted molar refractivity (Wildman–Crippen MR) is 141 cm³/mol. The van der Waals surface area contributed by atoms with Gasteiger partial charge in [-0.2, -0.15) is 0 Å². The Kier molecular flexibility index (Phi) is 6.80. The van der Waals surface area contributed by atoms with Crippen molar-refractivity contribution in [2.45, 2.75) is 39.2 Å². The third kappa shape index (κ3) is 5.83. The summed E-state index contributed by atoms with van der Waals surface area (Å²) < 4.78 is 6.19. The van der Waals surface area contributed by atoms with Gasteiger partial charge in [0.15, 0.2) is 0 Å². The second kappa shape index (κ2) is 9.85. The number of carbonyl (C=O) groups excluding carboxylic acids is 3. The highest BCUT2D eigenvalue weighted by atomic mass is 16.6. The van der Waals surface area contributed by atoms with Gasteiger partial charge < -0.3 is 15.4 Å². The quantitative estimate of drug-likeness (QED) is 0.376. The maximum absolute atomic E-state index is 13.2. The molecule has 1 aliphatic carbocycles. The summed E-state index contributed by atoms with van der Waals surface area (Å²) >= 11 is 0. The monoisotopic (exact) mass is 500 g/mol. The van der Waals surface area contributed by atoms with Crippen molar-refractivity contribution in [3.63, 3.8) is 0 Å². The van der Waals surface area contributed by atoms with Gasteiger partial charge in [-0.25, -0.2) is 9.78 Å². The van der Waals surface area contributed by atoms with Crippen molar-refractivity contribution in [2.75, 3.05) is 5.32 Å². The van der Waals surface area contributed by atoms with Crippen LogP contribution in [0, 0.1) is 5.92 Å². The van der Waals surface area contributed by atoms with E-state index in [0.717, 1.165) is 28.5 Å². The molecule has 0 spiro atoms. The number of esters is 1. The number of aromatic nitrogens is 2. The number of hydrogen-bond acceptors (Lipinski definition) is 6. The summed E-state index contributed by atoms with van der Waals surface area (Å²) in [6, 6.07) is 12.5. The Balaban J connectivity index is 1.55. The van der Waals surface area contributed by atoms with Crippen LogP contribution in [0.5, 0.6) is 0 Å². The molecular weight excluding hydrogens is 472 g/mol. The van der Waals surface area contributed by atoms with Gasteiger partial charge in [-0.3, -0.25) is 19.0 Å². The topological polar surface area (TPSA) is 119 Å². The molecule has 190 valence electrons. The second-order valence-electron chi connectivity index (χ2n) is 9.84. The van der Waals surface area contributed by atoms with E-state index in [9.17, 15) is 19.2 Å². The number of nitrogens with one attached hydrogen (secondary N) is 2. The van der Waals surface area contributed by atoms with Gasteiger partial charge in [-0.05, 0) is 57.4 Å². The molecule has 1 heterocycles. The summed E-state index contributed by atoms with van der Waals surface area (Å²) in [6.07, 6.45) is 3.07. The number of anilines is 1. The number of fused-ring (bicyclic) bond motifs is 1. The number of amides is 2. The van der Waals surface area contributed by atoms with Crippen molar-refractivity contribution in [1.82, 2.24) is 14.9 Å². The lowest BCUT2D eigenvalue weighted by atomic mass is 10.0. The highest BCUT2D eigenvalue weighted by Crippen LogP contribution is 2.31. The normalized spacial score (nSPS) is 13.1. The van der Waals surface area contributed by atoms with Gasteiger partial charge in [0.05, 0.1) is 10.9 Å². The van der Waals surface area contributed by atoms with Gasteiger partial charge in [0.25, 0.3) is 11.5 Å². The van der Waals surface area contributed by atoms with Gasteiger partial charge in [0, 0.05) is 17.2 Å². The molecular formula is C28H28N4O5. The van der Waals surface area contributed by atoms with Crippen LogP contribution in [0.1, 0.15) is 33.6 Å². The van der Waals surface area contributed by atoms with Gasteiger partial charge >= 0.3 is 5.97 Å². The van der Waals surface area contributed by atoms with E-state index in [0.29, 0.717) is 11.2 Å². The minimum absolute atomic E-state index is 0.0269. The molecule has 37 heavy (non-hydrogen) atoms. The third-order valence-electron chi connectivity index (χ3n) is 5.66. The van der Waals surface area contributed by atoms with Crippen LogP contribution in [-0.4, -0.2) is 32.9 Å². The number of rotatable bonds is 7. The average Bonchev–Trinajstić information content (AvgIpc) is 3.69. The number of para-hydroxylation sites is 1. The fourth-order valence-corrected chi connectivity index (χ4v) is 3.61. The van der Waals surface area contributed by atoms with E-state index in [2.05, 4.69) is 28.8 Å². The summed E-state index contributed by atoms with van der Waals surface area (Å²) in [7, 11) is 0. The average molecular weight is 501 g/mol.